The van der Waals surface area contributed by atoms with E-state index < -0.39 is 0 Å². The molecule has 0 spiro atoms. The summed E-state index contributed by atoms with van der Waals surface area (Å²) in [7, 11) is 6.38. The Kier molecular flexibility index (Phi) is 7.39. The van der Waals surface area contributed by atoms with E-state index in [2.05, 4.69) is 5.32 Å². The lowest BCUT2D eigenvalue weighted by Crippen LogP contribution is -1.98. The van der Waals surface area contributed by atoms with Gasteiger partial charge in [-0.1, -0.05) is 30.3 Å². The maximum atomic E-state index is 6.05. The Morgan fingerprint density at radius 3 is 2.12 bits per heavy atom. The third-order valence-electron chi connectivity index (χ3n) is 5.12. The van der Waals surface area contributed by atoms with Gasteiger partial charge in [-0.05, 0) is 23.8 Å². The molecule has 4 rings (SSSR count). The van der Waals surface area contributed by atoms with Crippen LogP contribution in [0.1, 0.15) is 5.56 Å². The molecule has 1 N–H and O–H groups in total. The Morgan fingerprint density at radius 1 is 0.765 bits per heavy atom. The van der Waals surface area contributed by atoms with E-state index in [0.717, 1.165) is 27.6 Å². The molecule has 176 valence electrons. The molecule has 4 aromatic rings. The summed E-state index contributed by atoms with van der Waals surface area (Å²) in [6.45, 7) is 0.450. The topological polar surface area (TPSA) is 71.1 Å². The molecule has 8 heteroatoms. The van der Waals surface area contributed by atoms with Crippen molar-refractivity contribution in [3.63, 3.8) is 0 Å². The SMILES string of the molecule is COc1ccc(-c2csc(Nc3cc(OC)c(OC)c(OC)c3)n2)cc1OCc1ccccc1. The quantitative estimate of drug-likeness (QED) is 0.292. The minimum atomic E-state index is 0.450. The molecule has 0 aliphatic heterocycles. The van der Waals surface area contributed by atoms with Crippen LogP contribution in [0.25, 0.3) is 11.3 Å². The number of hydrogen-bond acceptors (Lipinski definition) is 8. The van der Waals surface area contributed by atoms with Gasteiger partial charge in [0.25, 0.3) is 0 Å². The zero-order valence-corrected chi connectivity index (χ0v) is 20.3. The van der Waals surface area contributed by atoms with Crippen molar-refractivity contribution in [3.05, 3.63) is 71.6 Å². The Morgan fingerprint density at radius 2 is 1.47 bits per heavy atom. The normalized spacial score (nSPS) is 10.5. The van der Waals surface area contributed by atoms with Crippen molar-refractivity contribution in [1.29, 1.82) is 0 Å². The van der Waals surface area contributed by atoms with Gasteiger partial charge in [-0.2, -0.15) is 0 Å². The number of rotatable bonds is 10. The predicted molar refractivity (Wildman–Crippen MR) is 134 cm³/mol. The lowest BCUT2D eigenvalue weighted by Gasteiger charge is -2.14. The van der Waals surface area contributed by atoms with Crippen LogP contribution < -0.4 is 29.0 Å². The first-order valence-corrected chi connectivity index (χ1v) is 11.4. The van der Waals surface area contributed by atoms with Crippen molar-refractivity contribution in [2.24, 2.45) is 0 Å². The Balaban J connectivity index is 1.55. The van der Waals surface area contributed by atoms with Gasteiger partial charge in [0.2, 0.25) is 5.75 Å². The number of nitrogens with one attached hydrogen (secondary N) is 1. The lowest BCUT2D eigenvalue weighted by molar-refractivity contribution is 0.284. The van der Waals surface area contributed by atoms with Crippen LogP contribution in [-0.2, 0) is 6.61 Å². The van der Waals surface area contributed by atoms with E-state index in [9.17, 15) is 0 Å². The number of anilines is 2. The Labute approximate surface area is 202 Å². The summed E-state index contributed by atoms with van der Waals surface area (Å²) < 4.78 is 27.8. The van der Waals surface area contributed by atoms with Crippen molar-refractivity contribution >= 4 is 22.2 Å². The van der Waals surface area contributed by atoms with Gasteiger partial charge in [0, 0.05) is 28.8 Å². The van der Waals surface area contributed by atoms with Crippen molar-refractivity contribution in [3.8, 4) is 40.0 Å². The molecule has 34 heavy (non-hydrogen) atoms. The van der Waals surface area contributed by atoms with Gasteiger partial charge in [0.05, 0.1) is 34.1 Å². The molecule has 0 bridgehead atoms. The van der Waals surface area contributed by atoms with Crippen molar-refractivity contribution in [1.82, 2.24) is 4.98 Å². The van der Waals surface area contributed by atoms with Crippen LogP contribution in [0.5, 0.6) is 28.7 Å². The first-order valence-electron chi connectivity index (χ1n) is 10.5. The van der Waals surface area contributed by atoms with Gasteiger partial charge in [0.15, 0.2) is 28.1 Å². The van der Waals surface area contributed by atoms with Gasteiger partial charge >= 0.3 is 0 Å². The van der Waals surface area contributed by atoms with Crippen LogP contribution in [0.15, 0.2) is 66.0 Å². The average Bonchev–Trinajstić information content (AvgIpc) is 3.35. The van der Waals surface area contributed by atoms with Crippen LogP contribution in [0.3, 0.4) is 0 Å². The molecule has 0 aliphatic rings. The summed E-state index contributed by atoms with van der Waals surface area (Å²) in [6, 6.07) is 19.5. The highest BCUT2D eigenvalue weighted by Crippen LogP contribution is 2.41. The zero-order valence-electron chi connectivity index (χ0n) is 19.5. The predicted octanol–water partition coefficient (Wildman–Crippen LogP) is 6.17. The second kappa shape index (κ2) is 10.8. The summed E-state index contributed by atoms with van der Waals surface area (Å²) >= 11 is 1.49. The van der Waals surface area contributed by atoms with E-state index in [0.29, 0.717) is 35.4 Å². The number of methoxy groups -OCH3 is 4. The molecular formula is C26H26N2O5S. The highest BCUT2D eigenvalue weighted by atomic mass is 32.1. The van der Waals surface area contributed by atoms with Gasteiger partial charge < -0.3 is 29.0 Å². The van der Waals surface area contributed by atoms with Crippen molar-refractivity contribution < 1.29 is 23.7 Å². The Bertz CT molecular complexity index is 1220. The Hall–Kier alpha value is -3.91. The smallest absolute Gasteiger partial charge is 0.203 e. The van der Waals surface area contributed by atoms with Crippen LogP contribution in [0, 0.1) is 0 Å². The molecule has 7 nitrogen and oxygen atoms in total. The molecule has 0 atom stereocenters. The fourth-order valence-electron chi connectivity index (χ4n) is 3.42. The minimum Gasteiger partial charge on any atom is -0.493 e. The highest BCUT2D eigenvalue weighted by Gasteiger charge is 2.15. The second-order valence-electron chi connectivity index (χ2n) is 7.22. The van der Waals surface area contributed by atoms with Crippen LogP contribution in [0.2, 0.25) is 0 Å². The third kappa shape index (κ3) is 5.18. The summed E-state index contributed by atoms with van der Waals surface area (Å²) in [5, 5.41) is 6.03. The molecule has 0 saturated carbocycles. The molecule has 0 radical (unpaired) electrons. The monoisotopic (exact) mass is 478 g/mol. The van der Waals surface area contributed by atoms with Gasteiger partial charge in [0.1, 0.15) is 6.61 Å². The maximum Gasteiger partial charge on any atom is 0.203 e. The molecule has 1 heterocycles. The van der Waals surface area contributed by atoms with E-state index in [1.807, 2.05) is 66.0 Å². The molecule has 0 fully saturated rings. The van der Waals surface area contributed by atoms with E-state index in [4.69, 9.17) is 28.7 Å². The van der Waals surface area contributed by atoms with E-state index in [1.54, 1.807) is 28.4 Å². The number of aromatic nitrogens is 1. The van der Waals surface area contributed by atoms with Crippen molar-refractivity contribution in [2.45, 2.75) is 6.61 Å². The van der Waals surface area contributed by atoms with Crippen molar-refractivity contribution in [2.75, 3.05) is 33.8 Å². The fraction of sp³-hybridized carbons (Fsp3) is 0.192. The molecule has 0 amide bonds. The number of ether oxygens (including phenoxy) is 5. The maximum absolute atomic E-state index is 6.05. The summed E-state index contributed by atoms with van der Waals surface area (Å²) in [4.78, 5) is 4.74. The number of thiazole rings is 1. The largest absolute Gasteiger partial charge is 0.493 e. The van der Waals surface area contributed by atoms with E-state index in [-0.39, 0.29) is 0 Å². The van der Waals surface area contributed by atoms with E-state index in [1.165, 1.54) is 11.3 Å². The molecule has 0 aliphatic carbocycles. The highest BCUT2D eigenvalue weighted by molar-refractivity contribution is 7.14. The van der Waals surface area contributed by atoms with Gasteiger partial charge in [-0.3, -0.25) is 0 Å². The summed E-state index contributed by atoms with van der Waals surface area (Å²) in [5.74, 6) is 3.01. The van der Waals surface area contributed by atoms with Gasteiger partial charge in [-0.15, -0.1) is 11.3 Å². The van der Waals surface area contributed by atoms with Crippen LogP contribution in [0.4, 0.5) is 10.8 Å². The first kappa shape index (κ1) is 23.3. The molecule has 1 aromatic heterocycles. The zero-order chi connectivity index (χ0) is 23.9. The third-order valence-corrected chi connectivity index (χ3v) is 5.87. The van der Waals surface area contributed by atoms with E-state index >= 15 is 0 Å². The molecule has 3 aromatic carbocycles. The molecule has 0 saturated heterocycles. The summed E-state index contributed by atoms with van der Waals surface area (Å²) in [5.41, 5.74) is 3.61. The number of benzene rings is 3. The number of nitrogens with zero attached hydrogens (tertiary/aromatic N) is 1. The van der Waals surface area contributed by atoms with Crippen LogP contribution in [-0.4, -0.2) is 33.4 Å². The molecule has 0 unspecified atom stereocenters. The van der Waals surface area contributed by atoms with Gasteiger partial charge in [-0.25, -0.2) is 4.98 Å². The first-order chi connectivity index (χ1) is 16.6. The van der Waals surface area contributed by atoms with Crippen LogP contribution >= 0.6 is 11.3 Å². The standard InChI is InChI=1S/C26H26N2O5S/c1-29-21-11-10-18(12-22(21)33-15-17-8-6-5-7-9-17)20-16-34-26(28-20)27-19-13-23(30-2)25(32-4)24(14-19)31-3/h5-14,16H,15H2,1-4H3,(H,27,28). The summed E-state index contributed by atoms with van der Waals surface area (Å²) in [6.07, 6.45) is 0. The lowest BCUT2D eigenvalue weighted by atomic mass is 10.1. The average molecular weight is 479 g/mol. The molecular weight excluding hydrogens is 452 g/mol. The fourth-order valence-corrected chi connectivity index (χ4v) is 4.16. The second-order valence-corrected chi connectivity index (χ2v) is 8.07. The minimum absolute atomic E-state index is 0.450. The number of hydrogen-bond donors (Lipinski definition) is 1.